The van der Waals surface area contributed by atoms with E-state index in [9.17, 15) is 21.9 Å². The van der Waals surface area contributed by atoms with E-state index in [1.807, 2.05) is 79.0 Å². The van der Waals surface area contributed by atoms with Crippen LogP contribution in [-0.4, -0.2) is 22.2 Å². The van der Waals surface area contributed by atoms with Crippen molar-refractivity contribution in [1.82, 2.24) is 14.1 Å². The van der Waals surface area contributed by atoms with E-state index in [1.54, 1.807) is 33.4 Å². The van der Waals surface area contributed by atoms with Crippen molar-refractivity contribution >= 4 is 61.7 Å². The molecule has 87 heavy (non-hydrogen) atoms. The summed E-state index contributed by atoms with van der Waals surface area (Å²) in [6.07, 6.45) is 7.89. The zero-order valence-corrected chi connectivity index (χ0v) is 50.6. The molecule has 0 unspecified atom stereocenters. The molecule has 7 heteroatoms. The second kappa shape index (κ2) is 23.1. The largest absolute Gasteiger partial charge is 0.510 e. The molecule has 18 rings (SSSR count). The molecule has 0 spiro atoms. The molecule has 4 bridgehead atoms. The molecule has 424 valence electrons. The molecular formula is C80H62N4OPtSi-2. The van der Waals surface area contributed by atoms with Gasteiger partial charge in [0.05, 0.1) is 42.8 Å². The van der Waals surface area contributed by atoms with Crippen LogP contribution in [0.4, 0.5) is 0 Å². The van der Waals surface area contributed by atoms with Crippen molar-refractivity contribution in [3.63, 3.8) is 0 Å². The third-order valence-corrected chi connectivity index (χ3v) is 20.2. The average Bonchev–Trinajstić information content (AvgIpc) is 0.799. The van der Waals surface area contributed by atoms with E-state index in [4.69, 9.17) is 13.8 Å². The molecule has 4 aliphatic rings. The van der Waals surface area contributed by atoms with Crippen LogP contribution in [0.3, 0.4) is 0 Å². The van der Waals surface area contributed by atoms with Crippen LogP contribution in [0.25, 0.3) is 72.3 Å². The van der Waals surface area contributed by atoms with E-state index in [1.165, 1.54) is 0 Å². The van der Waals surface area contributed by atoms with Gasteiger partial charge in [-0.25, -0.2) is 4.98 Å². The number of imidazole rings is 1. The van der Waals surface area contributed by atoms with Gasteiger partial charge in [0.25, 0.3) is 6.33 Å². The summed E-state index contributed by atoms with van der Waals surface area (Å²) in [7, 11) is -6.25. The van der Waals surface area contributed by atoms with Crippen molar-refractivity contribution in [2.75, 3.05) is 0 Å². The second-order valence-electron chi connectivity index (χ2n) is 22.4. The molecule has 4 aliphatic carbocycles. The Morgan fingerprint density at radius 2 is 1.15 bits per heavy atom. The summed E-state index contributed by atoms with van der Waals surface area (Å²) >= 11 is 0. The maximum absolute atomic E-state index is 11.0. The van der Waals surface area contributed by atoms with Crippen molar-refractivity contribution in [1.29, 1.82) is 0 Å². The summed E-state index contributed by atoms with van der Waals surface area (Å²) in [6.45, 7) is 6.46. The Morgan fingerprint density at radius 3 is 1.87 bits per heavy atom. The van der Waals surface area contributed by atoms with Crippen molar-refractivity contribution in [3.8, 4) is 50.9 Å². The van der Waals surface area contributed by atoms with E-state index < -0.39 is 149 Å². The first-order valence-electron chi connectivity index (χ1n) is 37.9. The third kappa shape index (κ3) is 10.2. The molecule has 0 aliphatic heterocycles. The van der Waals surface area contributed by atoms with Gasteiger partial charge in [-0.15, -0.1) is 29.7 Å². The van der Waals surface area contributed by atoms with Crippen molar-refractivity contribution < 1.29 is 56.4 Å². The number of ether oxygens (including phenoxy) is 1. The summed E-state index contributed by atoms with van der Waals surface area (Å²) in [6, 6.07) is 36.2. The first kappa shape index (κ1) is 37.9. The zero-order chi connectivity index (χ0) is 74.3. The van der Waals surface area contributed by atoms with E-state index in [0.717, 1.165) is 55.2 Å². The standard InChI is InChI=1S/C80H62N4OSi.Pt/c1-80(2,3)61-48-49-81-78(52-61)84-74-33-14-13-30-70(74)71-47-46-64(54-77(71)84)85-63-22-18-21-62(53-63)82-55-83(76-35-16-15-34-75(76)82)79-69(31-19-32-72(79)73-50-58-41-40-56-36-38-57(39-37-56)42-44-59(73)45-43-58)60-20-17-29-68(51-60)86(65-23-7-4-8-24-65,66-25-9-5-10-26-66)67-27-11-6-12-28-67;/h4-39,43,45-52H,40-42,44H2,1-3H3;/q-2;/i4D,5D,6D,7D,8D,9D,10D,11D,12D,17D,20D,23D,24D,25D,26D,27D,28D,29D,51D;. The SMILES string of the molecule is [2H]c1c([2H])c([2H])c([Si](c2c([2H])c([2H])c([2H])c([2H])c2[2H])(c2c([2H])c([2H])c([2H])c([2H])c2[2H])c2c([2H])c([2H])c([2H])c(-c3cccc(-c4cc5ccc4CCc4ccc(cc4)CC5)c3-[n+]3[c-]n(-c4[c-]c(Oc5[c-]c6c(cc5)c5ccccc5n6-c5cc(C(C)(C)C)ccn5)ccc4)c4ccccc43)c2[2H])c([2H])c1[2H].[Pt]. The number of hydrogen-bond acceptors (Lipinski definition) is 2. The molecular weight excluding hydrogens is 1260 g/mol. The fourth-order valence-corrected chi connectivity index (χ4v) is 15.5. The van der Waals surface area contributed by atoms with Gasteiger partial charge in [-0.1, -0.05) is 244 Å². The van der Waals surface area contributed by atoms with E-state index in [0.29, 0.717) is 65.3 Å². The van der Waals surface area contributed by atoms with Crippen LogP contribution in [0.15, 0.2) is 273 Å². The Hall–Kier alpha value is -9.45. The van der Waals surface area contributed by atoms with Gasteiger partial charge in [0.1, 0.15) is 5.82 Å². The van der Waals surface area contributed by atoms with E-state index in [-0.39, 0.29) is 37.7 Å². The van der Waals surface area contributed by atoms with Gasteiger partial charge < -0.3 is 13.9 Å². The first-order chi connectivity index (χ1) is 50.1. The fourth-order valence-electron chi connectivity index (χ4n) is 11.9. The topological polar surface area (TPSA) is 35.9 Å². The van der Waals surface area contributed by atoms with Crippen molar-refractivity contribution in [2.24, 2.45) is 0 Å². The van der Waals surface area contributed by atoms with Crippen LogP contribution in [0.1, 0.15) is 74.6 Å². The van der Waals surface area contributed by atoms with Crippen LogP contribution in [-0.2, 0) is 52.2 Å². The van der Waals surface area contributed by atoms with Crippen LogP contribution in [0.2, 0.25) is 0 Å². The minimum Gasteiger partial charge on any atom is -0.510 e. The Kier molecular flexibility index (Phi) is 10.0. The van der Waals surface area contributed by atoms with Crippen LogP contribution in [0.5, 0.6) is 11.5 Å². The number of aromatic nitrogens is 4. The van der Waals surface area contributed by atoms with Crippen LogP contribution < -0.4 is 30.1 Å². The monoisotopic (exact) mass is 1340 g/mol. The molecule has 0 saturated carbocycles. The molecule has 11 aromatic carbocycles. The Bertz CT molecular complexity index is 5780. The smallest absolute Gasteiger partial charge is 0.268 e. The minimum atomic E-state index is -6.25. The molecule has 0 amide bonds. The third-order valence-electron chi connectivity index (χ3n) is 16.2. The van der Waals surface area contributed by atoms with Crippen LogP contribution >= 0.6 is 0 Å². The Labute approximate surface area is 551 Å². The molecule has 3 heterocycles. The number of benzene rings is 11. The quantitative estimate of drug-likeness (QED) is 0.0560. The number of fused-ring (bicyclic) bond motifs is 4. The van der Waals surface area contributed by atoms with Crippen LogP contribution in [0, 0.1) is 18.5 Å². The molecule has 0 radical (unpaired) electrons. The Morgan fingerprint density at radius 1 is 0.529 bits per heavy atom. The van der Waals surface area contributed by atoms with E-state index in [2.05, 4.69) is 98.4 Å². The van der Waals surface area contributed by atoms with Gasteiger partial charge in [0, 0.05) is 44.3 Å². The average molecular weight is 1340 g/mol. The summed E-state index contributed by atoms with van der Waals surface area (Å²) in [5, 5.41) is -1.77. The summed E-state index contributed by atoms with van der Waals surface area (Å²) in [5.74, 6) is 1.39. The summed E-state index contributed by atoms with van der Waals surface area (Å²) in [5.41, 5.74) is 9.20. The molecule has 14 aromatic rings. The number of hydrogen-bond donors (Lipinski definition) is 0. The predicted molar refractivity (Wildman–Crippen MR) is 354 cm³/mol. The van der Waals surface area contributed by atoms with Gasteiger partial charge >= 0.3 is 0 Å². The first-order valence-corrected chi connectivity index (χ1v) is 30.4. The summed E-state index contributed by atoms with van der Waals surface area (Å²) < 4.78 is 195. The summed E-state index contributed by atoms with van der Waals surface area (Å²) in [4.78, 5) is 4.85. The maximum Gasteiger partial charge on any atom is 0.268 e. The molecule has 0 saturated heterocycles. The molecule has 3 aromatic heterocycles. The molecule has 5 nitrogen and oxygen atoms in total. The number of aryl methyl sites for hydroxylation is 4. The van der Waals surface area contributed by atoms with Crippen molar-refractivity contribution in [2.45, 2.75) is 51.9 Å². The number of nitrogens with zero attached hydrogens (tertiary/aromatic N) is 4. The van der Waals surface area contributed by atoms with Gasteiger partial charge in [0.2, 0.25) is 0 Å². The second-order valence-corrected chi connectivity index (χ2v) is 25.9. The van der Waals surface area contributed by atoms with Gasteiger partial charge in [0.15, 0.2) is 8.07 Å². The Balaban J connectivity index is 0.00000944. The fraction of sp³-hybridized carbons (Fsp3) is 0.100. The zero-order valence-electron chi connectivity index (χ0n) is 66.4. The number of pyridine rings is 1. The number of rotatable bonds is 11. The number of para-hydroxylation sites is 4. The van der Waals surface area contributed by atoms with Gasteiger partial charge in [-0.05, 0) is 131 Å². The molecule has 0 atom stereocenters. The van der Waals surface area contributed by atoms with Gasteiger partial charge in [-0.2, -0.15) is 18.2 Å². The predicted octanol–water partition coefficient (Wildman–Crippen LogP) is 15.5. The molecule has 0 N–H and O–H groups in total. The normalized spacial score (nSPS) is 15.6. The minimum absolute atomic E-state index is 0. The van der Waals surface area contributed by atoms with Crippen molar-refractivity contribution in [3.05, 3.63) is 319 Å². The van der Waals surface area contributed by atoms with E-state index >= 15 is 0 Å². The maximum atomic E-state index is 11.0. The molecule has 0 fully saturated rings. The van der Waals surface area contributed by atoms with Gasteiger partial charge in [-0.3, -0.25) is 4.57 Å².